The highest BCUT2D eigenvalue weighted by atomic mass is 16.5. The lowest BCUT2D eigenvalue weighted by Gasteiger charge is -2.06. The van der Waals surface area contributed by atoms with E-state index in [1.54, 1.807) is 48.5 Å². The van der Waals surface area contributed by atoms with Gasteiger partial charge in [-0.2, -0.15) is 0 Å². The largest absolute Gasteiger partial charge is 0.494 e. The van der Waals surface area contributed by atoms with Crippen LogP contribution < -0.4 is 20.1 Å². The fourth-order valence-electron chi connectivity index (χ4n) is 2.36. The first-order valence-electron chi connectivity index (χ1n) is 9.55. The van der Waals surface area contributed by atoms with Gasteiger partial charge in [-0.15, -0.1) is 0 Å². The number of hydrogen-bond donors (Lipinski definition) is 2. The minimum Gasteiger partial charge on any atom is -0.494 e. The van der Waals surface area contributed by atoms with Gasteiger partial charge in [0.05, 0.1) is 13.2 Å². The first-order chi connectivity index (χ1) is 14.1. The number of anilines is 1. The SMILES string of the molecule is CCCCOc1ccc(C(=O)NCC#CCOc2cccc(NC(C)=O)c2)cc1. The summed E-state index contributed by atoms with van der Waals surface area (Å²) in [5, 5.41) is 5.43. The minimum atomic E-state index is -0.191. The lowest BCUT2D eigenvalue weighted by Crippen LogP contribution is -2.23. The van der Waals surface area contributed by atoms with Crippen molar-refractivity contribution in [1.29, 1.82) is 0 Å². The molecule has 0 aliphatic heterocycles. The molecule has 2 aromatic rings. The third-order valence-electron chi connectivity index (χ3n) is 3.81. The van der Waals surface area contributed by atoms with Crippen LogP contribution in [-0.2, 0) is 4.79 Å². The van der Waals surface area contributed by atoms with Crippen LogP contribution in [0.3, 0.4) is 0 Å². The van der Waals surface area contributed by atoms with Crippen LogP contribution in [0, 0.1) is 11.8 Å². The average Bonchev–Trinajstić information content (AvgIpc) is 2.71. The molecule has 0 saturated heterocycles. The molecule has 0 bridgehead atoms. The van der Waals surface area contributed by atoms with Gasteiger partial charge in [0.15, 0.2) is 0 Å². The van der Waals surface area contributed by atoms with Crippen molar-refractivity contribution in [3.63, 3.8) is 0 Å². The Morgan fingerprint density at radius 2 is 1.79 bits per heavy atom. The number of ether oxygens (including phenoxy) is 2. The summed E-state index contributed by atoms with van der Waals surface area (Å²) in [5.74, 6) is 6.72. The zero-order chi connectivity index (χ0) is 20.9. The summed E-state index contributed by atoms with van der Waals surface area (Å²) in [6, 6.07) is 14.1. The molecule has 2 N–H and O–H groups in total. The fraction of sp³-hybridized carbons (Fsp3) is 0.304. The number of nitrogens with one attached hydrogen (secondary N) is 2. The Morgan fingerprint density at radius 1 is 1.00 bits per heavy atom. The molecule has 0 heterocycles. The van der Waals surface area contributed by atoms with E-state index in [0.29, 0.717) is 23.6 Å². The first-order valence-corrected chi connectivity index (χ1v) is 9.55. The zero-order valence-electron chi connectivity index (χ0n) is 16.8. The highest BCUT2D eigenvalue weighted by molar-refractivity contribution is 5.94. The molecule has 0 spiro atoms. The van der Waals surface area contributed by atoms with Gasteiger partial charge in [0.1, 0.15) is 18.1 Å². The Labute approximate surface area is 171 Å². The van der Waals surface area contributed by atoms with Gasteiger partial charge >= 0.3 is 0 Å². The summed E-state index contributed by atoms with van der Waals surface area (Å²) in [4.78, 5) is 23.2. The van der Waals surface area contributed by atoms with Crippen molar-refractivity contribution in [2.24, 2.45) is 0 Å². The van der Waals surface area contributed by atoms with Gasteiger partial charge in [-0.3, -0.25) is 9.59 Å². The second-order valence-corrected chi connectivity index (χ2v) is 6.26. The Bertz CT molecular complexity index is 866. The summed E-state index contributed by atoms with van der Waals surface area (Å²) in [7, 11) is 0. The van der Waals surface area contributed by atoms with Crippen LogP contribution in [0.4, 0.5) is 5.69 Å². The summed E-state index contributed by atoms with van der Waals surface area (Å²) < 4.78 is 11.1. The second kappa shape index (κ2) is 12.1. The molecule has 0 atom stereocenters. The van der Waals surface area contributed by atoms with Crippen molar-refractivity contribution in [3.8, 4) is 23.3 Å². The highest BCUT2D eigenvalue weighted by Crippen LogP contribution is 2.17. The molecule has 152 valence electrons. The molecule has 0 unspecified atom stereocenters. The molecule has 0 radical (unpaired) electrons. The zero-order valence-corrected chi connectivity index (χ0v) is 16.8. The second-order valence-electron chi connectivity index (χ2n) is 6.26. The van der Waals surface area contributed by atoms with E-state index in [1.807, 2.05) is 0 Å². The lowest BCUT2D eigenvalue weighted by atomic mass is 10.2. The standard InChI is InChI=1S/C23H26N2O4/c1-3-4-15-28-21-12-10-19(11-13-21)23(27)24-14-5-6-16-29-22-9-7-8-20(17-22)25-18(2)26/h7-13,17H,3-4,14-16H2,1-2H3,(H,24,27)(H,25,26). The van der Waals surface area contributed by atoms with E-state index in [2.05, 4.69) is 29.4 Å². The molecule has 2 rings (SSSR count). The van der Waals surface area contributed by atoms with Gasteiger partial charge in [0.2, 0.25) is 5.91 Å². The first kappa shape index (κ1) is 21.8. The van der Waals surface area contributed by atoms with Gasteiger partial charge in [0.25, 0.3) is 5.91 Å². The topological polar surface area (TPSA) is 76.7 Å². The molecule has 6 nitrogen and oxygen atoms in total. The maximum atomic E-state index is 12.1. The van der Waals surface area contributed by atoms with E-state index in [4.69, 9.17) is 9.47 Å². The number of rotatable bonds is 9. The molecule has 0 aliphatic rings. The van der Waals surface area contributed by atoms with Gasteiger partial charge in [-0.1, -0.05) is 31.3 Å². The number of unbranched alkanes of at least 4 members (excludes halogenated alkanes) is 1. The molecule has 6 heteroatoms. The molecule has 0 fully saturated rings. The van der Waals surface area contributed by atoms with Crippen LogP contribution in [0.2, 0.25) is 0 Å². The molecule has 0 saturated carbocycles. The Kier molecular flexibility index (Phi) is 9.10. The van der Waals surface area contributed by atoms with E-state index >= 15 is 0 Å². The molecule has 2 aromatic carbocycles. The third kappa shape index (κ3) is 8.39. The van der Waals surface area contributed by atoms with Gasteiger partial charge in [-0.25, -0.2) is 0 Å². The van der Waals surface area contributed by atoms with E-state index in [1.165, 1.54) is 6.92 Å². The number of benzene rings is 2. The smallest absolute Gasteiger partial charge is 0.252 e. The van der Waals surface area contributed by atoms with E-state index in [0.717, 1.165) is 18.6 Å². The summed E-state index contributed by atoms with van der Waals surface area (Å²) in [6.07, 6.45) is 2.08. The van der Waals surface area contributed by atoms with Crippen LogP contribution >= 0.6 is 0 Å². The summed E-state index contributed by atoms with van der Waals surface area (Å²) in [5.41, 5.74) is 1.22. The van der Waals surface area contributed by atoms with Crippen LogP contribution in [0.15, 0.2) is 48.5 Å². The molecule has 0 aliphatic carbocycles. The van der Waals surface area contributed by atoms with Crippen LogP contribution in [0.1, 0.15) is 37.0 Å². The lowest BCUT2D eigenvalue weighted by molar-refractivity contribution is -0.114. The van der Waals surface area contributed by atoms with Crippen molar-refractivity contribution in [3.05, 3.63) is 54.1 Å². The van der Waals surface area contributed by atoms with Crippen molar-refractivity contribution in [1.82, 2.24) is 5.32 Å². The predicted octanol–water partition coefficient (Wildman–Crippen LogP) is 3.64. The van der Waals surface area contributed by atoms with Crippen molar-refractivity contribution < 1.29 is 19.1 Å². The predicted molar refractivity (Wildman–Crippen MR) is 113 cm³/mol. The van der Waals surface area contributed by atoms with E-state index < -0.39 is 0 Å². The van der Waals surface area contributed by atoms with Gasteiger partial charge < -0.3 is 20.1 Å². The Morgan fingerprint density at radius 3 is 2.52 bits per heavy atom. The molecular weight excluding hydrogens is 368 g/mol. The number of carbonyl (C=O) groups excluding carboxylic acids is 2. The Balaban J connectivity index is 1.71. The minimum absolute atomic E-state index is 0.142. The normalized spacial score (nSPS) is 9.72. The van der Waals surface area contributed by atoms with Gasteiger partial charge in [-0.05, 0) is 42.8 Å². The van der Waals surface area contributed by atoms with Crippen molar-refractivity contribution >= 4 is 17.5 Å². The molecule has 29 heavy (non-hydrogen) atoms. The van der Waals surface area contributed by atoms with Crippen LogP contribution in [0.25, 0.3) is 0 Å². The number of amides is 2. The maximum Gasteiger partial charge on any atom is 0.252 e. The number of carbonyl (C=O) groups is 2. The Hall–Kier alpha value is -3.46. The summed E-state index contributed by atoms with van der Waals surface area (Å²) >= 11 is 0. The molecule has 2 amide bonds. The third-order valence-corrected chi connectivity index (χ3v) is 3.81. The average molecular weight is 394 g/mol. The van der Waals surface area contributed by atoms with E-state index in [9.17, 15) is 9.59 Å². The highest BCUT2D eigenvalue weighted by Gasteiger charge is 2.04. The van der Waals surface area contributed by atoms with E-state index in [-0.39, 0.29) is 25.0 Å². The van der Waals surface area contributed by atoms with Crippen molar-refractivity contribution in [2.75, 3.05) is 25.1 Å². The molecule has 0 aromatic heterocycles. The molecular formula is C23H26N2O4. The van der Waals surface area contributed by atoms with Crippen LogP contribution in [-0.4, -0.2) is 31.6 Å². The van der Waals surface area contributed by atoms with Crippen molar-refractivity contribution in [2.45, 2.75) is 26.7 Å². The maximum absolute atomic E-state index is 12.1. The van der Waals surface area contributed by atoms with Crippen LogP contribution in [0.5, 0.6) is 11.5 Å². The number of hydrogen-bond acceptors (Lipinski definition) is 4. The van der Waals surface area contributed by atoms with Gasteiger partial charge in [0, 0.05) is 24.2 Å². The fourth-order valence-corrected chi connectivity index (χ4v) is 2.36. The summed E-state index contributed by atoms with van der Waals surface area (Å²) in [6.45, 7) is 4.64. The monoisotopic (exact) mass is 394 g/mol. The quantitative estimate of drug-likeness (QED) is 0.503.